The Balaban J connectivity index is 0. The van der Waals surface area contributed by atoms with Crippen molar-refractivity contribution in [1.29, 1.82) is 0 Å². The quantitative estimate of drug-likeness (QED) is 0.199. The summed E-state index contributed by atoms with van der Waals surface area (Å²) in [6.45, 7) is 9.31. The van der Waals surface area contributed by atoms with Crippen molar-refractivity contribution in [2.75, 3.05) is 13.1 Å². The van der Waals surface area contributed by atoms with Gasteiger partial charge in [-0.15, -0.1) is 0 Å². The van der Waals surface area contributed by atoms with Crippen molar-refractivity contribution in [3.05, 3.63) is 0 Å². The minimum Gasteiger partial charge on any atom is -0.550 e. The van der Waals surface area contributed by atoms with Gasteiger partial charge in [0.15, 0.2) is 0 Å². The van der Waals surface area contributed by atoms with Crippen LogP contribution in [-0.2, 0) is 4.79 Å². The molecule has 0 aliphatic heterocycles. The largest absolute Gasteiger partial charge is 1.00 e. The van der Waals surface area contributed by atoms with Gasteiger partial charge in [0.1, 0.15) is 0 Å². The van der Waals surface area contributed by atoms with E-state index in [-0.39, 0.29) is 36.0 Å². The van der Waals surface area contributed by atoms with Crippen molar-refractivity contribution < 1.29 is 39.5 Å². The van der Waals surface area contributed by atoms with Gasteiger partial charge in [-0.1, -0.05) is 97.3 Å². The summed E-state index contributed by atoms with van der Waals surface area (Å²) in [6, 6.07) is 0.571. The van der Waals surface area contributed by atoms with Crippen LogP contribution in [0.1, 0.15) is 136 Å². The zero-order valence-electron chi connectivity index (χ0n) is 20.5. The molecule has 0 aliphatic carbocycles. The molecule has 0 fully saturated rings. The summed E-state index contributed by atoms with van der Waals surface area (Å²) in [5, 5.41) is 10.6. The van der Waals surface area contributed by atoms with Crippen LogP contribution in [0.25, 0.3) is 0 Å². The van der Waals surface area contributed by atoms with E-state index in [9.17, 15) is 9.90 Å². The number of carboxylic acids is 1. The standard InChI is InChI=1S/C25H51NO2.Na/c1-4-6-8-10-12-14-18-22-26(23-19-15-13-11-9-7-5-2)24(3)20-16-17-21-25(27)28;/h24H,4-23H2,1-3H3,(H,27,28);/q;+1/p-1. The molecule has 0 rings (SSSR count). The second-order valence-electron chi connectivity index (χ2n) is 8.75. The van der Waals surface area contributed by atoms with Crippen molar-refractivity contribution in [3.8, 4) is 0 Å². The van der Waals surface area contributed by atoms with Crippen LogP contribution in [0.3, 0.4) is 0 Å². The molecule has 1 unspecified atom stereocenters. The molecule has 0 bridgehead atoms. The smallest absolute Gasteiger partial charge is 0.550 e. The minimum absolute atomic E-state index is 0. The first-order valence-electron chi connectivity index (χ1n) is 12.6. The SMILES string of the molecule is CCCCCCCCCN(CCCCCCCCC)C(C)CCCCC(=O)[O-].[Na+]. The molecule has 0 spiro atoms. The number of carbonyl (C=O) groups is 1. The number of nitrogens with zero attached hydrogens (tertiary/aromatic N) is 1. The first-order chi connectivity index (χ1) is 13.6. The maximum atomic E-state index is 10.6. The van der Waals surface area contributed by atoms with E-state index in [1.807, 2.05) is 0 Å². The van der Waals surface area contributed by atoms with Crippen molar-refractivity contribution >= 4 is 5.97 Å². The van der Waals surface area contributed by atoms with Gasteiger partial charge >= 0.3 is 29.6 Å². The van der Waals surface area contributed by atoms with Gasteiger partial charge < -0.3 is 14.8 Å². The summed E-state index contributed by atoms with van der Waals surface area (Å²) in [6.07, 6.45) is 22.2. The van der Waals surface area contributed by atoms with E-state index in [0.29, 0.717) is 6.04 Å². The van der Waals surface area contributed by atoms with E-state index in [2.05, 4.69) is 25.7 Å². The third kappa shape index (κ3) is 22.9. The molecule has 0 saturated carbocycles. The molecule has 0 aromatic heterocycles. The van der Waals surface area contributed by atoms with Gasteiger partial charge in [-0.25, -0.2) is 0 Å². The first-order valence-corrected chi connectivity index (χ1v) is 12.6. The Morgan fingerprint density at radius 1 is 0.690 bits per heavy atom. The summed E-state index contributed by atoms with van der Waals surface area (Å²) in [5.41, 5.74) is 0. The number of unbranched alkanes of at least 4 members (excludes halogenated alkanes) is 13. The molecule has 1 atom stereocenters. The minimum atomic E-state index is -0.907. The predicted molar refractivity (Wildman–Crippen MR) is 120 cm³/mol. The third-order valence-corrected chi connectivity index (χ3v) is 5.97. The van der Waals surface area contributed by atoms with E-state index >= 15 is 0 Å². The van der Waals surface area contributed by atoms with Crippen molar-refractivity contribution in [3.63, 3.8) is 0 Å². The fourth-order valence-electron chi connectivity index (χ4n) is 3.99. The molecule has 0 aliphatic rings. The number of carboxylic acid groups (broad SMARTS) is 1. The van der Waals surface area contributed by atoms with Gasteiger partial charge in [-0.2, -0.15) is 0 Å². The van der Waals surface area contributed by atoms with Crippen LogP contribution in [0.5, 0.6) is 0 Å². The van der Waals surface area contributed by atoms with Crippen LogP contribution in [0, 0.1) is 0 Å². The van der Waals surface area contributed by atoms with Crippen LogP contribution >= 0.6 is 0 Å². The number of hydrogen-bond donors (Lipinski definition) is 0. The molecule has 0 radical (unpaired) electrons. The van der Waals surface area contributed by atoms with Crippen LogP contribution in [-0.4, -0.2) is 30.0 Å². The number of aliphatic carboxylic acids is 1. The van der Waals surface area contributed by atoms with Crippen molar-refractivity contribution in [2.24, 2.45) is 0 Å². The Morgan fingerprint density at radius 3 is 1.52 bits per heavy atom. The summed E-state index contributed by atoms with van der Waals surface area (Å²) in [5.74, 6) is -0.907. The molecule has 3 nitrogen and oxygen atoms in total. The second kappa shape index (κ2) is 24.7. The van der Waals surface area contributed by atoms with Crippen molar-refractivity contribution in [2.45, 2.75) is 142 Å². The van der Waals surface area contributed by atoms with Gasteiger partial charge in [0.2, 0.25) is 0 Å². The maximum Gasteiger partial charge on any atom is 1.00 e. The third-order valence-electron chi connectivity index (χ3n) is 5.97. The summed E-state index contributed by atoms with van der Waals surface area (Å²) in [4.78, 5) is 13.3. The molecule has 0 aromatic rings. The topological polar surface area (TPSA) is 43.4 Å². The molecule has 0 aromatic carbocycles. The van der Waals surface area contributed by atoms with E-state index in [4.69, 9.17) is 0 Å². The first kappa shape index (κ1) is 31.6. The van der Waals surface area contributed by atoms with Gasteiger partial charge in [0, 0.05) is 12.0 Å². The van der Waals surface area contributed by atoms with Crippen LogP contribution in [0.15, 0.2) is 0 Å². The zero-order chi connectivity index (χ0) is 20.9. The second-order valence-corrected chi connectivity index (χ2v) is 8.75. The molecule has 29 heavy (non-hydrogen) atoms. The molecular weight excluding hydrogens is 369 g/mol. The Morgan fingerprint density at radius 2 is 1.10 bits per heavy atom. The normalized spacial score (nSPS) is 12.1. The predicted octanol–water partition coefficient (Wildman–Crippen LogP) is 3.49. The van der Waals surface area contributed by atoms with Gasteiger partial charge in [0.05, 0.1) is 0 Å². The Labute approximate surface area is 205 Å². The fourth-order valence-corrected chi connectivity index (χ4v) is 3.99. The number of rotatable bonds is 22. The monoisotopic (exact) mass is 419 g/mol. The molecule has 0 amide bonds. The Kier molecular flexibility index (Phi) is 26.9. The summed E-state index contributed by atoms with van der Waals surface area (Å²) in [7, 11) is 0. The van der Waals surface area contributed by atoms with Crippen molar-refractivity contribution in [1.82, 2.24) is 4.90 Å². The van der Waals surface area contributed by atoms with Gasteiger partial charge in [0.25, 0.3) is 0 Å². The van der Waals surface area contributed by atoms with E-state index < -0.39 is 5.97 Å². The molecule has 0 saturated heterocycles. The average molecular weight is 420 g/mol. The fraction of sp³-hybridized carbons (Fsp3) is 0.960. The van der Waals surface area contributed by atoms with E-state index in [0.717, 1.165) is 19.3 Å². The average Bonchev–Trinajstić information content (AvgIpc) is 2.67. The Hall–Kier alpha value is 0.430. The summed E-state index contributed by atoms with van der Waals surface area (Å²) < 4.78 is 0. The van der Waals surface area contributed by atoms with Crippen LogP contribution in [0.2, 0.25) is 0 Å². The van der Waals surface area contributed by atoms with Gasteiger partial charge in [-0.05, 0) is 52.1 Å². The van der Waals surface area contributed by atoms with E-state index in [1.54, 1.807) is 0 Å². The van der Waals surface area contributed by atoms with E-state index in [1.165, 1.54) is 103 Å². The van der Waals surface area contributed by atoms with Crippen LogP contribution < -0.4 is 34.7 Å². The molecule has 168 valence electrons. The number of hydrogen-bond acceptors (Lipinski definition) is 3. The van der Waals surface area contributed by atoms with Gasteiger partial charge in [-0.3, -0.25) is 0 Å². The summed E-state index contributed by atoms with van der Waals surface area (Å²) >= 11 is 0. The zero-order valence-corrected chi connectivity index (χ0v) is 22.5. The van der Waals surface area contributed by atoms with Crippen LogP contribution in [0.4, 0.5) is 0 Å². The molecular formula is C25H50NNaO2. The molecule has 0 N–H and O–H groups in total. The molecule has 4 heteroatoms. The Bertz CT molecular complexity index is 321. The maximum absolute atomic E-state index is 10.6. The number of carbonyl (C=O) groups excluding carboxylic acids is 1. The molecule has 0 heterocycles.